The molecule has 4 N–H and O–H groups in total. The summed E-state index contributed by atoms with van der Waals surface area (Å²) >= 11 is 1.47. The van der Waals surface area contributed by atoms with Gasteiger partial charge in [-0.25, -0.2) is 9.97 Å². The van der Waals surface area contributed by atoms with E-state index >= 15 is 0 Å². The summed E-state index contributed by atoms with van der Waals surface area (Å²) < 4.78 is 0. The molecule has 9 aromatic heterocycles. The van der Waals surface area contributed by atoms with Crippen LogP contribution >= 0.6 is 11.3 Å². The second-order valence-electron chi connectivity index (χ2n) is 32.2. The maximum atomic E-state index is 10.6. The predicted octanol–water partition coefficient (Wildman–Crippen LogP) is 28.9. The molecule has 18 heteroatoms. The van der Waals surface area contributed by atoms with Gasteiger partial charge in [-0.3, -0.25) is 29.8 Å². The molecule has 0 fully saturated rings. The van der Waals surface area contributed by atoms with Crippen molar-refractivity contribution in [2.45, 2.75) is 10.8 Å². The summed E-state index contributed by atoms with van der Waals surface area (Å²) in [6, 6.07) is 174. The van der Waals surface area contributed by atoms with Crippen LogP contribution in [0.3, 0.4) is 0 Å². The van der Waals surface area contributed by atoms with Crippen LogP contribution in [0.1, 0.15) is 44.9 Å². The Kier molecular flexibility index (Phi) is 34.4. The summed E-state index contributed by atoms with van der Waals surface area (Å²) in [6.07, 6.45) is 1.80. The number of para-hydroxylation sites is 4. The number of phenols is 3. The summed E-state index contributed by atoms with van der Waals surface area (Å²) in [7, 11) is 0. The molecule has 0 aliphatic carbocycles. The van der Waals surface area contributed by atoms with Gasteiger partial charge in [0.05, 0.1) is 67.2 Å². The van der Waals surface area contributed by atoms with Gasteiger partial charge in [0.1, 0.15) is 40.0 Å². The van der Waals surface area contributed by atoms with Crippen LogP contribution in [0.15, 0.2) is 503 Å². The number of aromatic nitrogens is 8. The number of rotatable bonds is 21. The number of hydrogen-bond acceptors (Lipinski definition) is 14. The molecule has 142 heavy (non-hydrogen) atoms. The summed E-state index contributed by atoms with van der Waals surface area (Å²) in [4.78, 5) is 42.5. The summed E-state index contributed by atoms with van der Waals surface area (Å²) in [5.74, 6) is 2.26. The summed E-state index contributed by atoms with van der Waals surface area (Å²) in [6.45, 7) is 0. The van der Waals surface area contributed by atoms with Crippen molar-refractivity contribution < 1.29 is 105 Å². The molecule has 0 atom stereocenters. The van der Waals surface area contributed by atoms with E-state index in [1.165, 1.54) is 11.3 Å². The first-order valence-corrected chi connectivity index (χ1v) is 46.0. The van der Waals surface area contributed by atoms with E-state index in [1.54, 1.807) is 36.5 Å². The topological polar surface area (TPSA) is 187 Å². The molecule has 9 heterocycles. The van der Waals surface area contributed by atoms with Crippen molar-refractivity contribution in [1.29, 1.82) is 0 Å². The van der Waals surface area contributed by atoms with Crippen molar-refractivity contribution >= 4 is 28.7 Å². The van der Waals surface area contributed by atoms with Crippen molar-refractivity contribution in [3.63, 3.8) is 0 Å². The van der Waals surface area contributed by atoms with E-state index in [2.05, 4.69) is 185 Å². The van der Waals surface area contributed by atoms with E-state index in [4.69, 9.17) is 29.9 Å². The Bertz CT molecular complexity index is 7520. The van der Waals surface area contributed by atoms with Gasteiger partial charge < -0.3 is 25.4 Å². The zero-order valence-corrected chi connectivity index (χ0v) is 85.8. The average molecular weight is 2580 g/mol. The normalized spacial score (nSPS) is 10.7. The van der Waals surface area contributed by atoms with E-state index in [1.807, 2.05) is 321 Å². The maximum Gasteiger partial charge on any atom is 0.139 e. The van der Waals surface area contributed by atoms with E-state index in [0.29, 0.717) is 39.6 Å². The third-order valence-electron chi connectivity index (χ3n) is 23.7. The van der Waals surface area contributed by atoms with Crippen LogP contribution in [0.4, 0.5) is 17.3 Å². The number of nitrogens with zero attached hydrogens (tertiary/aromatic N) is 9. The Morgan fingerprint density at radius 3 is 1.01 bits per heavy atom. The van der Waals surface area contributed by atoms with Crippen molar-refractivity contribution in [3.05, 3.63) is 572 Å². The monoisotopic (exact) mass is 2580 g/mol. The van der Waals surface area contributed by atoms with Crippen molar-refractivity contribution in [2.75, 3.05) is 4.90 Å². The van der Waals surface area contributed by atoms with Crippen LogP contribution in [0, 0.1) is 24.3 Å². The fourth-order valence-corrected chi connectivity index (χ4v) is 18.0. The van der Waals surface area contributed by atoms with Crippen LogP contribution in [-0.4, -0.2) is 60.3 Å². The minimum atomic E-state index is -0.812. The first-order chi connectivity index (χ1) is 68.1. The standard InChI is InChI=1S/2C35H25N2O.C34H24N3O.C20H13N2OS.4Pt/c38-32-23-11-10-20-29(32)31-22-13-25-34(37-31)35(27-16-6-2-7-17-27,28-18-8-3-9-19-28)33-24-12-21-30(36-33)26-14-4-1-5-15-26;38-33-22-8-7-19-30(33)32-21-12-23-34(37-32)35(27-14-3-1-4-15-27,28-16-5-2-6-17-28)29-18-11-13-26(25-29)31-20-9-10-24-36-31;38-32-22-10-8-18-28(32)30-20-12-24-34(36-30)37(31-21-9-7-17-27(31)25-13-3-1-4-14-25)33-23-11-19-29(35-33)26-15-5-2-6-16-26;23-19-12-13-24-20(19)18-11-5-10-17(22-18)16-9-4-8-15(21-16)14-6-2-1-3-7-14;;;;/h1-14,16-25,38H;1-24,38H;1-15,17-24,38H;1-6,8-13,23H;;;;/q4*-1;;;;. The summed E-state index contributed by atoms with van der Waals surface area (Å²) in [5, 5.41) is 43.5. The average Bonchev–Trinajstić information content (AvgIpc) is 0.796. The van der Waals surface area contributed by atoms with Crippen molar-refractivity contribution in [2.24, 2.45) is 0 Å². The fraction of sp³-hybridized carbons (Fsp3) is 0.0161. The van der Waals surface area contributed by atoms with Crippen LogP contribution in [0.2, 0.25) is 0 Å². The minimum absolute atomic E-state index is 0. The number of hydrogen-bond donors (Lipinski definition) is 4. The number of anilines is 3. The van der Waals surface area contributed by atoms with Gasteiger partial charge in [-0.05, 0) is 177 Å². The maximum absolute atomic E-state index is 10.6. The second-order valence-corrected chi connectivity index (χ2v) is 33.1. The molecule has 22 aromatic rings. The van der Waals surface area contributed by atoms with Crippen LogP contribution in [0.25, 0.3) is 112 Å². The van der Waals surface area contributed by atoms with Crippen LogP contribution < -0.4 is 4.90 Å². The number of pyridine rings is 8. The molecule has 22 rings (SSSR count). The number of benzene rings is 13. The third kappa shape index (κ3) is 22.5. The molecule has 0 aliphatic heterocycles. The first kappa shape index (κ1) is 101. The third-order valence-corrected chi connectivity index (χ3v) is 24.6. The molecule has 0 radical (unpaired) electrons. The Balaban J connectivity index is 0.000000143. The van der Waals surface area contributed by atoms with Gasteiger partial charge in [0.15, 0.2) is 0 Å². The zero-order chi connectivity index (χ0) is 93.7. The smallest absolute Gasteiger partial charge is 0.139 e. The van der Waals surface area contributed by atoms with Crippen molar-refractivity contribution in [1.82, 2.24) is 39.9 Å². The van der Waals surface area contributed by atoms with Crippen LogP contribution in [-0.2, 0) is 95.1 Å². The Morgan fingerprint density at radius 2 is 0.563 bits per heavy atom. The molecule has 13 aromatic carbocycles. The minimum Gasteiger partial charge on any atom is -0.507 e. The molecule has 13 nitrogen and oxygen atoms in total. The van der Waals surface area contributed by atoms with E-state index in [-0.39, 0.29) is 107 Å². The van der Waals surface area contributed by atoms with Crippen LogP contribution in [0.5, 0.6) is 23.0 Å². The second kappa shape index (κ2) is 48.4. The molecule has 0 bridgehead atoms. The number of aromatic hydroxyl groups is 4. The van der Waals surface area contributed by atoms with Crippen molar-refractivity contribution in [3.8, 4) is 135 Å². The molecule has 0 aliphatic rings. The van der Waals surface area contributed by atoms with E-state index < -0.39 is 10.8 Å². The zero-order valence-electron chi connectivity index (χ0n) is 75.9. The van der Waals surface area contributed by atoms with E-state index in [9.17, 15) is 20.4 Å². The van der Waals surface area contributed by atoms with Gasteiger partial charge in [0.25, 0.3) is 0 Å². The summed E-state index contributed by atoms with van der Waals surface area (Å²) in [5.41, 5.74) is 22.8. The molecular formula is C124H87N9O4Pt4S-4. The van der Waals surface area contributed by atoms with Gasteiger partial charge >= 0.3 is 0 Å². The number of phenolic OH excluding ortho intramolecular Hbond substituents is 3. The molecular weight excluding hydrogens is 2490 g/mol. The van der Waals surface area contributed by atoms with Gasteiger partial charge in [-0.2, -0.15) is 0 Å². The van der Waals surface area contributed by atoms with Gasteiger partial charge in [-0.15, -0.1) is 154 Å². The number of thiophene rings is 1. The predicted molar refractivity (Wildman–Crippen MR) is 554 cm³/mol. The molecule has 0 spiro atoms. The van der Waals surface area contributed by atoms with E-state index in [0.717, 1.165) is 135 Å². The SMILES string of the molecule is Oc1ccccc1-c1cccc(C(c2[c-]c(-c3ccccn3)ccc2)(c2ccccc2)c2ccccc2)n1.Oc1ccccc1-c1cccc(C(c2ccccc2)(c2ccccc2)c2cccc(-c3[c-]cccc3)n2)n1.Oc1ccccc1-c1cccc(N(c2cccc(-c3[c-]cccc3)n2)c2ccccc2-c2ccccc2)n1.Oc1ccsc1-c1cccc(-c2cccc(-c3[c-]cccc3)n2)n1.[Pt].[Pt].[Pt].[Pt]. The molecule has 0 amide bonds. The van der Waals surface area contributed by atoms with Gasteiger partial charge in [0, 0.05) is 113 Å². The fourth-order valence-electron chi connectivity index (χ4n) is 17.2. The Hall–Kier alpha value is -15.5. The Morgan fingerprint density at radius 1 is 0.232 bits per heavy atom. The first-order valence-electron chi connectivity index (χ1n) is 45.1. The molecule has 702 valence electrons. The molecule has 0 saturated carbocycles. The van der Waals surface area contributed by atoms with Gasteiger partial charge in [0.2, 0.25) is 0 Å². The Labute approximate surface area is 887 Å². The quantitative estimate of drug-likeness (QED) is 0.0393. The largest absolute Gasteiger partial charge is 0.507 e. The molecule has 0 saturated heterocycles. The van der Waals surface area contributed by atoms with Gasteiger partial charge in [-0.1, -0.05) is 279 Å². The molecule has 0 unspecified atom stereocenters.